The lowest BCUT2D eigenvalue weighted by molar-refractivity contribution is -0.116. The molecule has 24 heavy (non-hydrogen) atoms. The summed E-state index contributed by atoms with van der Waals surface area (Å²) in [6, 6.07) is 9.43. The molecule has 0 saturated carbocycles. The number of halogens is 2. The fourth-order valence-corrected chi connectivity index (χ4v) is 2.84. The highest BCUT2D eigenvalue weighted by atomic mass is 79.9. The van der Waals surface area contributed by atoms with Crippen molar-refractivity contribution >= 4 is 39.3 Å². The van der Waals surface area contributed by atoms with Crippen molar-refractivity contribution in [2.45, 2.75) is 20.0 Å². The molecule has 2 heterocycles. The van der Waals surface area contributed by atoms with Gasteiger partial charge in [-0.15, -0.1) is 0 Å². The molecule has 0 unspecified atom stereocenters. The van der Waals surface area contributed by atoms with Crippen molar-refractivity contribution in [2.75, 3.05) is 5.32 Å². The van der Waals surface area contributed by atoms with E-state index in [1.54, 1.807) is 21.8 Å². The molecule has 6 nitrogen and oxygen atoms in total. The molecule has 1 amide bonds. The third-order valence-electron chi connectivity index (χ3n) is 3.34. The normalized spacial score (nSPS) is 10.8. The van der Waals surface area contributed by atoms with Gasteiger partial charge in [0, 0.05) is 17.4 Å². The topological polar surface area (TPSA) is 64.7 Å². The van der Waals surface area contributed by atoms with Crippen LogP contribution in [0.2, 0.25) is 5.02 Å². The molecule has 1 aromatic carbocycles. The van der Waals surface area contributed by atoms with Crippen LogP contribution in [0.5, 0.6) is 0 Å². The van der Waals surface area contributed by atoms with Crippen LogP contribution in [0.3, 0.4) is 0 Å². The van der Waals surface area contributed by atoms with Crippen molar-refractivity contribution in [1.29, 1.82) is 0 Å². The van der Waals surface area contributed by atoms with Crippen LogP contribution in [0, 0.1) is 6.92 Å². The van der Waals surface area contributed by atoms with E-state index in [1.807, 2.05) is 37.3 Å². The summed E-state index contributed by atoms with van der Waals surface area (Å²) >= 11 is 9.58. The number of nitrogens with one attached hydrogen (secondary N) is 1. The SMILES string of the molecule is Cc1ccn(CC(=O)Nc2nn(Cc3ccccc3Cl)cc2Br)n1. The van der Waals surface area contributed by atoms with Crippen LogP contribution < -0.4 is 5.32 Å². The van der Waals surface area contributed by atoms with Gasteiger partial charge in [0.2, 0.25) is 5.91 Å². The molecule has 1 N–H and O–H groups in total. The molecule has 0 bridgehead atoms. The van der Waals surface area contributed by atoms with Gasteiger partial charge in [0.1, 0.15) is 6.54 Å². The smallest absolute Gasteiger partial charge is 0.247 e. The van der Waals surface area contributed by atoms with E-state index in [9.17, 15) is 4.79 Å². The van der Waals surface area contributed by atoms with Crippen molar-refractivity contribution in [3.8, 4) is 0 Å². The van der Waals surface area contributed by atoms with E-state index in [-0.39, 0.29) is 12.5 Å². The number of carbonyl (C=O) groups excluding carboxylic acids is 1. The maximum absolute atomic E-state index is 12.1. The quantitative estimate of drug-likeness (QED) is 0.703. The third kappa shape index (κ3) is 4.04. The lowest BCUT2D eigenvalue weighted by Crippen LogP contribution is -2.19. The van der Waals surface area contributed by atoms with Gasteiger partial charge in [-0.25, -0.2) is 0 Å². The van der Waals surface area contributed by atoms with E-state index >= 15 is 0 Å². The van der Waals surface area contributed by atoms with E-state index in [2.05, 4.69) is 31.4 Å². The first kappa shape index (κ1) is 16.7. The van der Waals surface area contributed by atoms with E-state index in [4.69, 9.17) is 11.6 Å². The molecular weight excluding hydrogens is 394 g/mol. The van der Waals surface area contributed by atoms with E-state index in [0.29, 0.717) is 21.9 Å². The molecule has 124 valence electrons. The zero-order chi connectivity index (χ0) is 17.1. The van der Waals surface area contributed by atoms with Crippen molar-refractivity contribution < 1.29 is 4.79 Å². The summed E-state index contributed by atoms with van der Waals surface area (Å²) in [5, 5.41) is 12.0. The van der Waals surface area contributed by atoms with Gasteiger partial charge in [-0.05, 0) is 40.5 Å². The average Bonchev–Trinajstić information content (AvgIpc) is 3.08. The monoisotopic (exact) mass is 407 g/mol. The Balaban J connectivity index is 1.67. The molecule has 0 aliphatic carbocycles. The summed E-state index contributed by atoms with van der Waals surface area (Å²) in [4.78, 5) is 12.1. The summed E-state index contributed by atoms with van der Waals surface area (Å²) in [6.07, 6.45) is 3.57. The van der Waals surface area contributed by atoms with Crippen molar-refractivity contribution in [3.05, 3.63) is 63.5 Å². The zero-order valence-electron chi connectivity index (χ0n) is 12.9. The van der Waals surface area contributed by atoms with Gasteiger partial charge in [-0.1, -0.05) is 29.8 Å². The molecule has 0 aliphatic heterocycles. The van der Waals surface area contributed by atoms with Gasteiger partial charge in [0.15, 0.2) is 5.82 Å². The van der Waals surface area contributed by atoms with Crippen LogP contribution in [0.1, 0.15) is 11.3 Å². The van der Waals surface area contributed by atoms with E-state index in [0.717, 1.165) is 11.3 Å². The molecule has 0 atom stereocenters. The zero-order valence-corrected chi connectivity index (χ0v) is 15.3. The molecule has 8 heteroatoms. The predicted molar refractivity (Wildman–Crippen MR) is 96.1 cm³/mol. The Morgan fingerprint density at radius 3 is 2.75 bits per heavy atom. The first-order chi connectivity index (χ1) is 11.5. The minimum absolute atomic E-state index is 0.137. The van der Waals surface area contributed by atoms with E-state index < -0.39 is 0 Å². The number of rotatable bonds is 5. The molecule has 0 saturated heterocycles. The van der Waals surface area contributed by atoms with Crippen LogP contribution in [0.4, 0.5) is 5.82 Å². The van der Waals surface area contributed by atoms with E-state index in [1.165, 1.54) is 0 Å². The highest BCUT2D eigenvalue weighted by molar-refractivity contribution is 9.10. The summed E-state index contributed by atoms with van der Waals surface area (Å²) < 4.78 is 4.01. The molecular formula is C16H15BrClN5O. The second-order valence-corrected chi connectivity index (χ2v) is 6.58. The van der Waals surface area contributed by atoms with Gasteiger partial charge in [-0.2, -0.15) is 10.2 Å². The van der Waals surface area contributed by atoms with Crippen molar-refractivity contribution in [2.24, 2.45) is 0 Å². The Bertz CT molecular complexity index is 873. The largest absolute Gasteiger partial charge is 0.307 e. The van der Waals surface area contributed by atoms with Crippen LogP contribution in [0.15, 0.2) is 47.2 Å². The minimum Gasteiger partial charge on any atom is -0.307 e. The Morgan fingerprint density at radius 2 is 2.04 bits per heavy atom. The fraction of sp³-hybridized carbons (Fsp3) is 0.188. The maximum Gasteiger partial charge on any atom is 0.247 e. The molecule has 2 aromatic heterocycles. The first-order valence-electron chi connectivity index (χ1n) is 7.27. The number of aryl methyl sites for hydroxylation is 1. The molecule has 0 radical (unpaired) electrons. The van der Waals surface area contributed by atoms with Crippen LogP contribution >= 0.6 is 27.5 Å². The number of benzene rings is 1. The van der Waals surface area contributed by atoms with Gasteiger partial charge in [0.05, 0.1) is 16.7 Å². The molecule has 0 aliphatic rings. The Morgan fingerprint density at radius 1 is 1.25 bits per heavy atom. The highest BCUT2D eigenvalue weighted by Crippen LogP contribution is 2.22. The van der Waals surface area contributed by atoms with Crippen LogP contribution in [-0.4, -0.2) is 25.5 Å². The molecule has 0 spiro atoms. The second kappa shape index (κ2) is 7.19. The first-order valence-corrected chi connectivity index (χ1v) is 8.44. The third-order valence-corrected chi connectivity index (χ3v) is 4.29. The summed E-state index contributed by atoms with van der Waals surface area (Å²) in [7, 11) is 0. The number of nitrogens with zero attached hydrogens (tertiary/aromatic N) is 4. The summed E-state index contributed by atoms with van der Waals surface area (Å²) in [5.41, 5.74) is 1.83. The maximum atomic E-state index is 12.1. The predicted octanol–water partition coefficient (Wildman–Crippen LogP) is 3.49. The number of hydrogen-bond acceptors (Lipinski definition) is 3. The van der Waals surface area contributed by atoms with Gasteiger partial charge >= 0.3 is 0 Å². The minimum atomic E-state index is -0.193. The van der Waals surface area contributed by atoms with Crippen molar-refractivity contribution in [1.82, 2.24) is 19.6 Å². The lowest BCUT2D eigenvalue weighted by Gasteiger charge is -2.05. The number of amides is 1. The summed E-state index contributed by atoms with van der Waals surface area (Å²) in [5.74, 6) is 0.276. The molecule has 0 fully saturated rings. The molecule has 3 aromatic rings. The summed E-state index contributed by atoms with van der Waals surface area (Å²) in [6.45, 7) is 2.53. The Kier molecular flexibility index (Phi) is 5.01. The fourth-order valence-electron chi connectivity index (χ4n) is 2.23. The molecule has 3 rings (SSSR count). The van der Waals surface area contributed by atoms with Crippen molar-refractivity contribution in [3.63, 3.8) is 0 Å². The standard InChI is InChI=1S/C16H15BrClN5O/c1-11-6-7-22(20-11)10-15(24)19-16-13(17)9-23(21-16)8-12-4-2-3-5-14(12)18/h2-7,9H,8,10H2,1H3,(H,19,21,24). The van der Waals surface area contributed by atoms with Gasteiger partial charge in [-0.3, -0.25) is 14.2 Å². The van der Waals surface area contributed by atoms with Crippen LogP contribution in [-0.2, 0) is 17.9 Å². The Hall–Kier alpha value is -2.12. The number of anilines is 1. The Labute approximate surface area is 152 Å². The average molecular weight is 409 g/mol. The van der Waals surface area contributed by atoms with Gasteiger partial charge in [0.25, 0.3) is 0 Å². The van der Waals surface area contributed by atoms with Gasteiger partial charge < -0.3 is 5.32 Å². The second-order valence-electron chi connectivity index (χ2n) is 5.32. The number of carbonyl (C=O) groups is 1. The lowest BCUT2D eigenvalue weighted by atomic mass is 10.2. The number of aromatic nitrogens is 4. The highest BCUT2D eigenvalue weighted by Gasteiger charge is 2.12. The number of hydrogen-bond donors (Lipinski definition) is 1. The van der Waals surface area contributed by atoms with Crippen LogP contribution in [0.25, 0.3) is 0 Å².